The number of imidazole rings is 1. The molecule has 1 saturated carbocycles. The van der Waals surface area contributed by atoms with E-state index in [1.54, 1.807) is 28.8 Å². The lowest BCUT2D eigenvalue weighted by molar-refractivity contribution is -0.139. The zero-order chi connectivity index (χ0) is 18.3. The Bertz CT molecular complexity index is 821. The van der Waals surface area contributed by atoms with Crippen molar-refractivity contribution >= 4 is 11.8 Å². The zero-order valence-corrected chi connectivity index (χ0v) is 15.1. The van der Waals surface area contributed by atoms with Crippen LogP contribution >= 0.6 is 0 Å². The molecule has 8 nitrogen and oxygen atoms in total. The Balaban J connectivity index is 1.54. The van der Waals surface area contributed by atoms with Crippen LogP contribution in [0.1, 0.15) is 47.8 Å². The molecular formula is C18H24N6O2. The molecule has 26 heavy (non-hydrogen) atoms. The number of hydrogen-bond acceptors (Lipinski definition) is 4. The van der Waals surface area contributed by atoms with E-state index >= 15 is 0 Å². The zero-order valence-electron chi connectivity index (χ0n) is 15.1. The molecule has 2 aromatic heterocycles. The highest BCUT2D eigenvalue weighted by Crippen LogP contribution is 2.43. The predicted octanol–water partition coefficient (Wildman–Crippen LogP) is 1.03. The number of piperidine rings is 1. The maximum Gasteiger partial charge on any atom is 0.269 e. The number of hydrogen-bond donors (Lipinski definition) is 1. The SMILES string of the molecule is Cn1cc([C@@H]2[C@@H](CNC(=O)c3cncn3C)CCC(=O)N2C2CC2)cn1. The average Bonchev–Trinajstić information content (AvgIpc) is 3.22. The molecule has 2 aromatic rings. The molecule has 2 amide bonds. The molecule has 0 unspecified atom stereocenters. The fourth-order valence-electron chi connectivity index (χ4n) is 3.89. The van der Waals surface area contributed by atoms with E-state index in [9.17, 15) is 9.59 Å². The second kappa shape index (κ2) is 6.59. The van der Waals surface area contributed by atoms with Crippen LogP contribution in [0.2, 0.25) is 0 Å². The summed E-state index contributed by atoms with van der Waals surface area (Å²) in [6, 6.07) is 0.313. The molecule has 2 atom stereocenters. The average molecular weight is 356 g/mol. The van der Waals surface area contributed by atoms with Crippen LogP contribution in [-0.2, 0) is 18.9 Å². The molecule has 0 aromatic carbocycles. The quantitative estimate of drug-likeness (QED) is 0.867. The number of carbonyl (C=O) groups excluding carboxylic acids is 2. The summed E-state index contributed by atoms with van der Waals surface area (Å²) in [7, 11) is 3.68. The molecule has 3 heterocycles. The molecule has 1 N–H and O–H groups in total. The Morgan fingerprint density at radius 1 is 1.27 bits per heavy atom. The van der Waals surface area contributed by atoms with Gasteiger partial charge in [-0.2, -0.15) is 5.10 Å². The Morgan fingerprint density at radius 3 is 2.69 bits per heavy atom. The fraction of sp³-hybridized carbons (Fsp3) is 0.556. The van der Waals surface area contributed by atoms with E-state index in [0.717, 1.165) is 24.8 Å². The van der Waals surface area contributed by atoms with Crippen molar-refractivity contribution in [1.82, 2.24) is 29.5 Å². The van der Waals surface area contributed by atoms with Gasteiger partial charge in [0, 0.05) is 50.8 Å². The first-order valence-electron chi connectivity index (χ1n) is 9.09. The van der Waals surface area contributed by atoms with E-state index in [0.29, 0.717) is 24.7 Å². The highest BCUT2D eigenvalue weighted by molar-refractivity contribution is 5.92. The predicted molar refractivity (Wildman–Crippen MR) is 94.1 cm³/mol. The molecule has 0 spiro atoms. The van der Waals surface area contributed by atoms with Gasteiger partial charge in [-0.1, -0.05) is 0 Å². The Hall–Kier alpha value is -2.64. The molecule has 1 aliphatic carbocycles. The van der Waals surface area contributed by atoms with Gasteiger partial charge in [0.05, 0.1) is 24.8 Å². The Kier molecular flexibility index (Phi) is 4.26. The van der Waals surface area contributed by atoms with Gasteiger partial charge in [-0.15, -0.1) is 0 Å². The Morgan fingerprint density at radius 2 is 2.08 bits per heavy atom. The number of amides is 2. The second-order valence-corrected chi connectivity index (χ2v) is 7.32. The largest absolute Gasteiger partial charge is 0.350 e. The van der Waals surface area contributed by atoms with Crippen LogP contribution in [0, 0.1) is 5.92 Å². The third-order valence-corrected chi connectivity index (χ3v) is 5.34. The molecule has 1 aliphatic heterocycles. The molecule has 8 heteroatoms. The normalized spacial score (nSPS) is 23.3. The van der Waals surface area contributed by atoms with E-state index in [1.807, 2.05) is 24.3 Å². The second-order valence-electron chi connectivity index (χ2n) is 7.32. The van der Waals surface area contributed by atoms with Crippen LogP contribution in [0.25, 0.3) is 0 Å². The maximum atomic E-state index is 12.6. The number of nitrogens with one attached hydrogen (secondary N) is 1. The van der Waals surface area contributed by atoms with Crippen LogP contribution in [0.3, 0.4) is 0 Å². The van der Waals surface area contributed by atoms with Gasteiger partial charge < -0.3 is 14.8 Å². The van der Waals surface area contributed by atoms with E-state index in [2.05, 4.69) is 15.4 Å². The smallest absolute Gasteiger partial charge is 0.269 e. The highest BCUT2D eigenvalue weighted by Gasteiger charge is 2.44. The summed E-state index contributed by atoms with van der Waals surface area (Å²) < 4.78 is 3.47. The number of aromatic nitrogens is 4. The molecular weight excluding hydrogens is 332 g/mol. The number of carbonyl (C=O) groups is 2. The lowest BCUT2D eigenvalue weighted by atomic mass is 9.85. The summed E-state index contributed by atoms with van der Waals surface area (Å²) in [5, 5.41) is 7.32. The minimum atomic E-state index is -0.134. The van der Waals surface area contributed by atoms with Crippen molar-refractivity contribution in [3.8, 4) is 0 Å². The van der Waals surface area contributed by atoms with Crippen molar-refractivity contribution in [3.05, 3.63) is 36.2 Å². The highest BCUT2D eigenvalue weighted by atomic mass is 16.2. The number of likely N-dealkylation sites (tertiary alicyclic amines) is 1. The van der Waals surface area contributed by atoms with Crippen molar-refractivity contribution in [2.75, 3.05) is 6.54 Å². The summed E-state index contributed by atoms with van der Waals surface area (Å²) in [6.07, 6.45) is 10.4. The summed E-state index contributed by atoms with van der Waals surface area (Å²) >= 11 is 0. The lowest BCUT2D eigenvalue weighted by Crippen LogP contribution is -2.47. The van der Waals surface area contributed by atoms with E-state index < -0.39 is 0 Å². The van der Waals surface area contributed by atoms with Crippen molar-refractivity contribution < 1.29 is 9.59 Å². The van der Waals surface area contributed by atoms with Crippen LogP contribution < -0.4 is 5.32 Å². The van der Waals surface area contributed by atoms with Gasteiger partial charge in [-0.25, -0.2) is 4.98 Å². The monoisotopic (exact) mass is 356 g/mol. The number of nitrogens with zero attached hydrogens (tertiary/aromatic N) is 5. The Labute approximate surface area is 152 Å². The summed E-state index contributed by atoms with van der Waals surface area (Å²) in [5.74, 6) is 0.259. The number of rotatable bonds is 5. The van der Waals surface area contributed by atoms with E-state index in [4.69, 9.17) is 0 Å². The first-order chi connectivity index (χ1) is 12.5. The molecule has 2 aliphatic rings. The topological polar surface area (TPSA) is 85.0 Å². The van der Waals surface area contributed by atoms with Crippen LogP contribution in [0.15, 0.2) is 24.9 Å². The minimum absolute atomic E-state index is 0.0238. The van der Waals surface area contributed by atoms with Crippen LogP contribution in [-0.4, -0.2) is 48.6 Å². The summed E-state index contributed by atoms with van der Waals surface area (Å²) in [6.45, 7) is 0.528. The van der Waals surface area contributed by atoms with Gasteiger partial charge in [0.1, 0.15) is 5.69 Å². The molecule has 1 saturated heterocycles. The van der Waals surface area contributed by atoms with Crippen molar-refractivity contribution in [2.24, 2.45) is 20.0 Å². The first-order valence-corrected chi connectivity index (χ1v) is 9.09. The number of aryl methyl sites for hydroxylation is 2. The molecule has 138 valence electrons. The molecule has 0 bridgehead atoms. The first kappa shape index (κ1) is 16.8. The molecule has 2 fully saturated rings. The van der Waals surface area contributed by atoms with Crippen LogP contribution in [0.5, 0.6) is 0 Å². The third-order valence-electron chi connectivity index (χ3n) is 5.34. The standard InChI is InChI=1S/C18H24N6O2/c1-22-11-19-9-15(22)18(26)20-7-12-3-6-16(25)24(14-4-5-14)17(12)13-8-21-23(2)10-13/h8-12,14,17H,3-7H2,1-2H3,(H,20,26)/t12-,17+/m1/s1. The van der Waals surface area contributed by atoms with Crippen molar-refractivity contribution in [2.45, 2.75) is 37.8 Å². The summed E-state index contributed by atoms with van der Waals surface area (Å²) in [5.41, 5.74) is 1.58. The lowest BCUT2D eigenvalue weighted by Gasteiger charge is -2.41. The van der Waals surface area contributed by atoms with Crippen LogP contribution in [0.4, 0.5) is 0 Å². The van der Waals surface area contributed by atoms with Gasteiger partial charge in [-0.3, -0.25) is 14.3 Å². The third kappa shape index (κ3) is 3.11. The minimum Gasteiger partial charge on any atom is -0.350 e. The molecule has 0 radical (unpaired) electrons. The summed E-state index contributed by atoms with van der Waals surface area (Å²) in [4.78, 5) is 31.1. The molecule has 4 rings (SSSR count). The van der Waals surface area contributed by atoms with Gasteiger partial charge in [-0.05, 0) is 19.3 Å². The van der Waals surface area contributed by atoms with Gasteiger partial charge in [0.2, 0.25) is 5.91 Å². The van der Waals surface area contributed by atoms with Crippen molar-refractivity contribution in [1.29, 1.82) is 0 Å². The van der Waals surface area contributed by atoms with Crippen molar-refractivity contribution in [3.63, 3.8) is 0 Å². The van der Waals surface area contributed by atoms with Gasteiger partial charge >= 0.3 is 0 Å². The van der Waals surface area contributed by atoms with Gasteiger partial charge in [0.15, 0.2) is 0 Å². The fourth-order valence-corrected chi connectivity index (χ4v) is 3.89. The van der Waals surface area contributed by atoms with Gasteiger partial charge in [0.25, 0.3) is 5.91 Å². The maximum absolute atomic E-state index is 12.6. The van der Waals surface area contributed by atoms with E-state index in [-0.39, 0.29) is 23.8 Å². The van der Waals surface area contributed by atoms with E-state index in [1.165, 1.54) is 0 Å².